The van der Waals surface area contributed by atoms with Gasteiger partial charge in [-0.05, 0) is 18.1 Å². The maximum atomic E-state index is 13.7. The molecule has 0 aliphatic rings. The molecule has 0 bridgehead atoms. The number of nitrogens with zero attached hydrogens (tertiary/aromatic N) is 3. The lowest BCUT2D eigenvalue weighted by Crippen LogP contribution is -2.42. The fraction of sp³-hybridized carbons (Fsp3) is 0.400. The van der Waals surface area contributed by atoms with Gasteiger partial charge in [-0.25, -0.2) is 4.39 Å². The van der Waals surface area contributed by atoms with Crippen molar-refractivity contribution in [1.82, 2.24) is 20.3 Å². The van der Waals surface area contributed by atoms with Crippen LogP contribution in [0, 0.1) is 11.7 Å². The number of carbonyl (C=O) groups is 1. The zero-order valence-electron chi connectivity index (χ0n) is 12.5. The molecule has 0 saturated heterocycles. The first-order valence-electron chi connectivity index (χ1n) is 7.03. The maximum absolute atomic E-state index is 13.7. The third kappa shape index (κ3) is 4.27. The first-order chi connectivity index (χ1) is 10.5. The van der Waals surface area contributed by atoms with E-state index in [-0.39, 0.29) is 34.9 Å². The Hall–Kier alpha value is -1.95. The number of rotatable bonds is 6. The minimum atomic E-state index is -0.475. The second kappa shape index (κ2) is 7.35. The van der Waals surface area contributed by atoms with Crippen LogP contribution in [-0.4, -0.2) is 26.9 Å². The van der Waals surface area contributed by atoms with Crippen LogP contribution in [0.5, 0.6) is 0 Å². The van der Waals surface area contributed by atoms with Crippen molar-refractivity contribution < 1.29 is 9.18 Å². The van der Waals surface area contributed by atoms with Gasteiger partial charge in [-0.2, -0.15) is 15.0 Å². The van der Waals surface area contributed by atoms with Gasteiger partial charge < -0.3 is 5.32 Å². The van der Waals surface area contributed by atoms with Crippen LogP contribution in [0.4, 0.5) is 4.39 Å². The summed E-state index contributed by atoms with van der Waals surface area (Å²) < 4.78 is 13.7. The lowest BCUT2D eigenvalue weighted by Gasteiger charge is -2.22. The molecule has 1 atom stereocenters. The molecule has 118 valence electrons. The van der Waals surface area contributed by atoms with Crippen LogP contribution in [0.3, 0.4) is 0 Å². The average molecular weight is 325 g/mol. The van der Waals surface area contributed by atoms with E-state index >= 15 is 0 Å². The van der Waals surface area contributed by atoms with Gasteiger partial charge in [0, 0.05) is 10.6 Å². The van der Waals surface area contributed by atoms with Gasteiger partial charge in [-0.1, -0.05) is 31.5 Å². The van der Waals surface area contributed by atoms with E-state index in [2.05, 4.69) is 15.5 Å². The summed E-state index contributed by atoms with van der Waals surface area (Å²) in [6, 6.07) is 4.23. The summed E-state index contributed by atoms with van der Waals surface area (Å²) in [5.41, 5.74) is 0.210. The Kier molecular flexibility index (Phi) is 5.49. The lowest BCUT2D eigenvalue weighted by molar-refractivity contribution is -0.121. The molecular weight excluding hydrogens is 307 g/mol. The molecule has 0 unspecified atom stereocenters. The number of hydrogen-bond donors (Lipinski definition) is 1. The highest BCUT2D eigenvalue weighted by Gasteiger charge is 2.19. The van der Waals surface area contributed by atoms with E-state index in [9.17, 15) is 9.18 Å². The van der Waals surface area contributed by atoms with Crippen LogP contribution >= 0.6 is 11.6 Å². The Morgan fingerprint density at radius 1 is 1.36 bits per heavy atom. The molecule has 0 spiro atoms. The number of carbonyl (C=O) groups excluding carboxylic acids is 1. The topological polar surface area (TPSA) is 59.8 Å². The van der Waals surface area contributed by atoms with Crippen molar-refractivity contribution in [2.24, 2.45) is 5.92 Å². The molecular formula is C15H18ClFN4O. The number of hydrogen-bond acceptors (Lipinski definition) is 3. The Balaban J connectivity index is 2.02. The average Bonchev–Trinajstić information content (AvgIpc) is 2.95. The predicted molar refractivity (Wildman–Crippen MR) is 81.9 cm³/mol. The van der Waals surface area contributed by atoms with Crippen LogP contribution in [0.25, 0.3) is 0 Å². The largest absolute Gasteiger partial charge is 0.351 e. The Morgan fingerprint density at radius 2 is 2.05 bits per heavy atom. The highest BCUT2D eigenvalue weighted by Crippen LogP contribution is 2.19. The molecule has 1 amide bonds. The molecule has 1 N–H and O–H groups in total. The molecule has 1 aromatic heterocycles. The van der Waals surface area contributed by atoms with Crippen molar-refractivity contribution in [2.75, 3.05) is 0 Å². The molecule has 2 rings (SSSR count). The third-order valence-corrected chi connectivity index (χ3v) is 3.73. The van der Waals surface area contributed by atoms with Crippen molar-refractivity contribution in [3.05, 3.63) is 47.0 Å². The standard InChI is InChI=1S/C15H18ClFN4O/c1-10(2)14(9-21-18-6-7-19-21)20-15(22)8-11-12(16)4-3-5-13(11)17/h3-7,10,14H,8-9H2,1-2H3,(H,20,22)/t14-/m0/s1. The van der Waals surface area contributed by atoms with Crippen molar-refractivity contribution >= 4 is 17.5 Å². The van der Waals surface area contributed by atoms with Crippen LogP contribution in [0.15, 0.2) is 30.6 Å². The summed E-state index contributed by atoms with van der Waals surface area (Å²) in [5, 5.41) is 11.2. The highest BCUT2D eigenvalue weighted by atomic mass is 35.5. The zero-order valence-corrected chi connectivity index (χ0v) is 13.2. The van der Waals surface area contributed by atoms with Gasteiger partial charge >= 0.3 is 0 Å². The van der Waals surface area contributed by atoms with E-state index in [0.717, 1.165) is 0 Å². The summed E-state index contributed by atoms with van der Waals surface area (Å²) in [4.78, 5) is 13.7. The second-order valence-electron chi connectivity index (χ2n) is 5.38. The van der Waals surface area contributed by atoms with Crippen molar-refractivity contribution in [2.45, 2.75) is 32.9 Å². The fourth-order valence-corrected chi connectivity index (χ4v) is 2.29. The molecule has 0 fully saturated rings. The van der Waals surface area contributed by atoms with E-state index < -0.39 is 5.82 Å². The summed E-state index contributed by atoms with van der Waals surface area (Å²) >= 11 is 5.94. The van der Waals surface area contributed by atoms with E-state index in [1.807, 2.05) is 13.8 Å². The molecule has 0 aliphatic carbocycles. The molecule has 7 heteroatoms. The van der Waals surface area contributed by atoms with Gasteiger partial charge in [0.15, 0.2) is 0 Å². The molecule has 0 saturated carbocycles. The maximum Gasteiger partial charge on any atom is 0.224 e. The lowest BCUT2D eigenvalue weighted by atomic mass is 10.0. The van der Waals surface area contributed by atoms with Gasteiger partial charge in [0.25, 0.3) is 0 Å². The first-order valence-corrected chi connectivity index (χ1v) is 7.41. The van der Waals surface area contributed by atoms with E-state index in [1.54, 1.807) is 18.5 Å². The number of nitrogens with one attached hydrogen (secondary N) is 1. The number of benzene rings is 1. The Morgan fingerprint density at radius 3 is 2.64 bits per heavy atom. The first kappa shape index (κ1) is 16.4. The minimum Gasteiger partial charge on any atom is -0.351 e. The van der Waals surface area contributed by atoms with Gasteiger partial charge in [0.05, 0.1) is 31.4 Å². The predicted octanol–water partition coefficient (Wildman–Crippen LogP) is 2.45. The number of amides is 1. The van der Waals surface area contributed by atoms with E-state index in [1.165, 1.54) is 16.9 Å². The smallest absolute Gasteiger partial charge is 0.224 e. The van der Waals surface area contributed by atoms with Gasteiger partial charge in [0.2, 0.25) is 5.91 Å². The SMILES string of the molecule is CC(C)[C@H](Cn1nccn1)NC(=O)Cc1c(F)cccc1Cl. The van der Waals surface area contributed by atoms with Crippen molar-refractivity contribution in [3.8, 4) is 0 Å². The monoisotopic (exact) mass is 324 g/mol. The van der Waals surface area contributed by atoms with Crippen LogP contribution in [0.1, 0.15) is 19.4 Å². The zero-order chi connectivity index (χ0) is 16.1. The van der Waals surface area contributed by atoms with Gasteiger partial charge in [0.1, 0.15) is 5.82 Å². The highest BCUT2D eigenvalue weighted by molar-refractivity contribution is 6.31. The van der Waals surface area contributed by atoms with Crippen LogP contribution < -0.4 is 5.32 Å². The molecule has 5 nitrogen and oxygen atoms in total. The number of aromatic nitrogens is 3. The normalized spacial score (nSPS) is 12.4. The molecule has 2 aromatic rings. The van der Waals surface area contributed by atoms with E-state index in [4.69, 9.17) is 11.6 Å². The van der Waals surface area contributed by atoms with Crippen LogP contribution in [-0.2, 0) is 17.8 Å². The van der Waals surface area contributed by atoms with Crippen LogP contribution in [0.2, 0.25) is 5.02 Å². The summed E-state index contributed by atoms with van der Waals surface area (Å²) in [6.45, 7) is 4.44. The minimum absolute atomic E-state index is 0.0960. The summed E-state index contributed by atoms with van der Waals surface area (Å²) in [6.07, 6.45) is 3.07. The Bertz CT molecular complexity index is 610. The molecule has 22 heavy (non-hydrogen) atoms. The van der Waals surface area contributed by atoms with E-state index in [0.29, 0.717) is 6.54 Å². The van der Waals surface area contributed by atoms with Crippen molar-refractivity contribution in [1.29, 1.82) is 0 Å². The summed E-state index contributed by atoms with van der Waals surface area (Å²) in [5.74, 6) is -0.568. The summed E-state index contributed by atoms with van der Waals surface area (Å²) in [7, 11) is 0. The third-order valence-electron chi connectivity index (χ3n) is 3.38. The molecule has 1 heterocycles. The molecule has 1 aromatic carbocycles. The Labute approximate surface area is 133 Å². The molecule has 0 aliphatic heterocycles. The second-order valence-corrected chi connectivity index (χ2v) is 5.79. The van der Waals surface area contributed by atoms with Gasteiger partial charge in [-0.3, -0.25) is 4.79 Å². The van der Waals surface area contributed by atoms with Crippen molar-refractivity contribution in [3.63, 3.8) is 0 Å². The fourth-order valence-electron chi connectivity index (χ4n) is 2.06. The van der Waals surface area contributed by atoms with Gasteiger partial charge in [-0.15, -0.1) is 0 Å². The molecule has 0 radical (unpaired) electrons. The number of halogens is 2. The quantitative estimate of drug-likeness (QED) is 0.888.